The maximum Gasteiger partial charge on any atom is 0.338 e. The number of anilines is 1. The fourth-order valence-corrected chi connectivity index (χ4v) is 3.19. The summed E-state index contributed by atoms with van der Waals surface area (Å²) < 4.78 is 10.5. The van der Waals surface area contributed by atoms with E-state index in [1.54, 1.807) is 35.8 Å². The zero-order valence-electron chi connectivity index (χ0n) is 15.8. The van der Waals surface area contributed by atoms with Crippen molar-refractivity contribution in [2.45, 2.75) is 20.5 Å². The summed E-state index contributed by atoms with van der Waals surface area (Å²) in [6.45, 7) is 4.06. The van der Waals surface area contributed by atoms with Crippen LogP contribution in [0.1, 0.15) is 37.5 Å². The van der Waals surface area contributed by atoms with Gasteiger partial charge in [-0.2, -0.15) is 0 Å². The number of nitrogens with one attached hydrogen (secondary N) is 1. The van der Waals surface area contributed by atoms with Crippen LogP contribution in [0.25, 0.3) is 0 Å². The number of hydrogen-bond acceptors (Lipinski definition) is 6. The minimum Gasteiger partial charge on any atom is -0.487 e. The van der Waals surface area contributed by atoms with Crippen LogP contribution < -0.4 is 10.1 Å². The highest BCUT2D eigenvalue weighted by molar-refractivity contribution is 7.07. The van der Waals surface area contributed by atoms with E-state index >= 15 is 0 Å². The number of aromatic nitrogens is 1. The van der Waals surface area contributed by atoms with Gasteiger partial charge >= 0.3 is 5.97 Å². The molecule has 2 aromatic carbocycles. The Hall–Kier alpha value is -3.19. The molecule has 1 aromatic heterocycles. The highest BCUT2D eigenvalue weighted by Gasteiger charge is 2.15. The molecule has 6 nitrogen and oxygen atoms in total. The number of thiazole rings is 1. The highest BCUT2D eigenvalue weighted by atomic mass is 32.1. The molecule has 144 valence electrons. The monoisotopic (exact) mass is 396 g/mol. The first-order valence-electron chi connectivity index (χ1n) is 8.58. The molecule has 0 radical (unpaired) electrons. The third-order valence-corrected chi connectivity index (χ3v) is 4.93. The van der Waals surface area contributed by atoms with Crippen LogP contribution in [0.4, 0.5) is 5.69 Å². The van der Waals surface area contributed by atoms with Gasteiger partial charge in [-0.1, -0.05) is 6.07 Å². The Balaban J connectivity index is 1.75. The van der Waals surface area contributed by atoms with Crippen LogP contribution in [0, 0.1) is 13.8 Å². The summed E-state index contributed by atoms with van der Waals surface area (Å²) in [4.78, 5) is 28.8. The minimum atomic E-state index is -0.436. The van der Waals surface area contributed by atoms with Crippen LogP contribution in [0.5, 0.6) is 5.75 Å². The molecule has 0 aliphatic heterocycles. The van der Waals surface area contributed by atoms with E-state index < -0.39 is 5.97 Å². The third-order valence-electron chi connectivity index (χ3n) is 4.30. The van der Waals surface area contributed by atoms with Crippen molar-refractivity contribution >= 4 is 28.9 Å². The first-order valence-corrected chi connectivity index (χ1v) is 9.53. The van der Waals surface area contributed by atoms with Gasteiger partial charge in [-0.3, -0.25) is 4.79 Å². The van der Waals surface area contributed by atoms with Gasteiger partial charge in [-0.25, -0.2) is 9.78 Å². The molecule has 0 spiro atoms. The Labute approximate surface area is 167 Å². The zero-order chi connectivity index (χ0) is 20.1. The number of nitrogens with zero attached hydrogens (tertiary/aromatic N) is 1. The summed E-state index contributed by atoms with van der Waals surface area (Å²) >= 11 is 1.50. The number of aryl methyl sites for hydroxylation is 1. The van der Waals surface area contributed by atoms with Crippen molar-refractivity contribution in [2.24, 2.45) is 0 Å². The van der Waals surface area contributed by atoms with Crippen molar-refractivity contribution in [3.8, 4) is 5.75 Å². The molecule has 0 saturated carbocycles. The Kier molecular flexibility index (Phi) is 6.06. The van der Waals surface area contributed by atoms with Gasteiger partial charge in [0.25, 0.3) is 5.91 Å². The van der Waals surface area contributed by atoms with Gasteiger partial charge in [-0.05, 0) is 55.3 Å². The number of hydrogen-bond donors (Lipinski definition) is 1. The summed E-state index contributed by atoms with van der Waals surface area (Å²) in [6.07, 6.45) is 0. The van der Waals surface area contributed by atoms with Crippen LogP contribution in [-0.2, 0) is 11.3 Å². The quantitative estimate of drug-likeness (QED) is 0.626. The standard InChI is InChI=1S/C21H20N2O4S/c1-13-7-16(9-19(14(13)2)21(25)26-3)23-20(24)15-5-4-6-18(8-15)27-10-17-11-28-12-22-17/h4-9,11-12H,10H2,1-3H3,(H,23,24). The molecular weight excluding hydrogens is 376 g/mol. The molecule has 1 heterocycles. The topological polar surface area (TPSA) is 77.5 Å². The molecule has 28 heavy (non-hydrogen) atoms. The Morgan fingerprint density at radius 1 is 1.18 bits per heavy atom. The predicted molar refractivity (Wildman–Crippen MR) is 108 cm³/mol. The van der Waals surface area contributed by atoms with E-state index in [0.29, 0.717) is 29.2 Å². The molecule has 0 atom stereocenters. The number of carbonyl (C=O) groups excluding carboxylic acids is 2. The van der Waals surface area contributed by atoms with Crippen LogP contribution in [-0.4, -0.2) is 24.0 Å². The zero-order valence-corrected chi connectivity index (χ0v) is 16.6. The second-order valence-electron chi connectivity index (χ2n) is 6.21. The molecule has 0 saturated heterocycles. The van der Waals surface area contributed by atoms with Crippen LogP contribution in [0.3, 0.4) is 0 Å². The van der Waals surface area contributed by atoms with Crippen LogP contribution in [0.2, 0.25) is 0 Å². The molecule has 0 unspecified atom stereocenters. The van der Waals surface area contributed by atoms with E-state index in [-0.39, 0.29) is 5.91 Å². The first kappa shape index (κ1) is 19.6. The number of amides is 1. The number of esters is 1. The maximum atomic E-state index is 12.7. The molecule has 0 aliphatic rings. The molecule has 7 heteroatoms. The summed E-state index contributed by atoms with van der Waals surface area (Å²) in [7, 11) is 1.33. The van der Waals surface area contributed by atoms with E-state index in [4.69, 9.17) is 9.47 Å². The first-order chi connectivity index (χ1) is 13.5. The Morgan fingerprint density at radius 3 is 2.71 bits per heavy atom. The normalized spacial score (nSPS) is 10.4. The minimum absolute atomic E-state index is 0.293. The third kappa shape index (κ3) is 4.55. The summed E-state index contributed by atoms with van der Waals surface area (Å²) in [5, 5.41) is 4.74. The molecule has 0 aliphatic carbocycles. The van der Waals surface area contributed by atoms with Gasteiger partial charge in [0, 0.05) is 16.6 Å². The smallest absolute Gasteiger partial charge is 0.338 e. The van der Waals surface area contributed by atoms with Gasteiger partial charge in [0.05, 0.1) is 23.9 Å². The van der Waals surface area contributed by atoms with E-state index in [2.05, 4.69) is 10.3 Å². The lowest BCUT2D eigenvalue weighted by atomic mass is 10.0. The van der Waals surface area contributed by atoms with Gasteiger partial charge in [0.2, 0.25) is 0 Å². The fourth-order valence-electron chi connectivity index (χ4n) is 2.65. The molecular formula is C21H20N2O4S. The van der Waals surface area contributed by atoms with Gasteiger partial charge in [0.1, 0.15) is 12.4 Å². The number of methoxy groups -OCH3 is 1. The molecule has 0 bridgehead atoms. The number of carbonyl (C=O) groups is 2. The molecule has 0 fully saturated rings. The average molecular weight is 396 g/mol. The van der Waals surface area contributed by atoms with Crippen molar-refractivity contribution in [1.29, 1.82) is 0 Å². The maximum absolute atomic E-state index is 12.7. The molecule has 3 aromatic rings. The fraction of sp³-hybridized carbons (Fsp3) is 0.190. The van der Waals surface area contributed by atoms with Crippen LogP contribution in [0.15, 0.2) is 47.3 Å². The molecule has 1 N–H and O–H groups in total. The SMILES string of the molecule is COC(=O)c1cc(NC(=O)c2cccc(OCc3cscn3)c2)cc(C)c1C. The van der Waals surface area contributed by atoms with E-state index in [1.807, 2.05) is 25.3 Å². The average Bonchev–Trinajstić information content (AvgIpc) is 3.22. The molecule has 1 amide bonds. The summed E-state index contributed by atoms with van der Waals surface area (Å²) in [5.41, 5.74) is 5.70. The van der Waals surface area contributed by atoms with Crippen molar-refractivity contribution < 1.29 is 19.1 Å². The second kappa shape index (κ2) is 8.67. The van der Waals surface area contributed by atoms with Crippen molar-refractivity contribution in [3.05, 3.63) is 75.2 Å². The van der Waals surface area contributed by atoms with E-state index in [1.165, 1.54) is 18.4 Å². The lowest BCUT2D eigenvalue weighted by Gasteiger charge is -2.12. The largest absolute Gasteiger partial charge is 0.487 e. The van der Waals surface area contributed by atoms with E-state index in [0.717, 1.165) is 16.8 Å². The second-order valence-corrected chi connectivity index (χ2v) is 6.93. The number of rotatable bonds is 6. The predicted octanol–water partition coefficient (Wildman–Crippen LogP) is 4.38. The van der Waals surface area contributed by atoms with E-state index in [9.17, 15) is 9.59 Å². The van der Waals surface area contributed by atoms with Crippen molar-refractivity contribution in [1.82, 2.24) is 4.98 Å². The van der Waals surface area contributed by atoms with Gasteiger partial charge < -0.3 is 14.8 Å². The lowest BCUT2D eigenvalue weighted by molar-refractivity contribution is 0.0599. The lowest BCUT2D eigenvalue weighted by Crippen LogP contribution is -2.14. The Morgan fingerprint density at radius 2 is 2.00 bits per heavy atom. The summed E-state index contributed by atoms with van der Waals surface area (Å²) in [6, 6.07) is 10.4. The van der Waals surface area contributed by atoms with Crippen molar-refractivity contribution in [2.75, 3.05) is 12.4 Å². The highest BCUT2D eigenvalue weighted by Crippen LogP contribution is 2.22. The number of benzene rings is 2. The van der Waals surface area contributed by atoms with Gasteiger partial charge in [-0.15, -0.1) is 11.3 Å². The van der Waals surface area contributed by atoms with Crippen molar-refractivity contribution in [3.63, 3.8) is 0 Å². The van der Waals surface area contributed by atoms with Gasteiger partial charge in [0.15, 0.2) is 0 Å². The van der Waals surface area contributed by atoms with Crippen LogP contribution >= 0.6 is 11.3 Å². The summed E-state index contributed by atoms with van der Waals surface area (Å²) in [5.74, 6) is -0.150. The number of ether oxygens (including phenoxy) is 2. The molecule has 3 rings (SSSR count). The Bertz CT molecular complexity index is 1000.